The van der Waals surface area contributed by atoms with Crippen LogP contribution in [0.2, 0.25) is 0 Å². The van der Waals surface area contributed by atoms with E-state index in [2.05, 4.69) is 12.2 Å². The first-order valence-corrected chi connectivity index (χ1v) is 8.77. The van der Waals surface area contributed by atoms with Crippen LogP contribution in [0.15, 0.2) is 24.3 Å². The number of amides is 4. The Morgan fingerprint density at radius 3 is 2.46 bits per heavy atom. The van der Waals surface area contributed by atoms with E-state index in [0.717, 1.165) is 17.7 Å². The van der Waals surface area contributed by atoms with Crippen LogP contribution in [0.4, 0.5) is 4.79 Å². The van der Waals surface area contributed by atoms with Gasteiger partial charge in [-0.25, -0.2) is 4.79 Å². The van der Waals surface area contributed by atoms with Gasteiger partial charge in [-0.2, -0.15) is 5.26 Å². The number of likely N-dealkylation sites (tertiary alicyclic amines) is 1. The van der Waals surface area contributed by atoms with Crippen LogP contribution in [0.3, 0.4) is 0 Å². The number of nitrogens with zero attached hydrogens (tertiary/aromatic N) is 3. The molecule has 26 heavy (non-hydrogen) atoms. The number of nitrogens with one attached hydrogen (secondary N) is 1. The van der Waals surface area contributed by atoms with Crippen LogP contribution in [0.1, 0.15) is 37.8 Å². The number of rotatable bonds is 3. The number of carbonyl (C=O) groups excluding carboxylic acids is 3. The van der Waals surface area contributed by atoms with E-state index in [0.29, 0.717) is 30.1 Å². The Labute approximate surface area is 152 Å². The van der Waals surface area contributed by atoms with E-state index in [1.54, 1.807) is 36.1 Å². The maximum atomic E-state index is 12.9. The number of hydrogen-bond acceptors (Lipinski definition) is 4. The van der Waals surface area contributed by atoms with Gasteiger partial charge in [-0.3, -0.25) is 14.5 Å². The summed E-state index contributed by atoms with van der Waals surface area (Å²) in [7, 11) is 0. The maximum Gasteiger partial charge on any atom is 0.325 e. The molecule has 2 aliphatic rings. The molecule has 1 aromatic rings. The Morgan fingerprint density at radius 2 is 1.88 bits per heavy atom. The first-order valence-electron chi connectivity index (χ1n) is 8.77. The fraction of sp³-hybridized carbons (Fsp3) is 0.474. The van der Waals surface area contributed by atoms with Crippen molar-refractivity contribution in [3.05, 3.63) is 35.4 Å². The fourth-order valence-corrected chi connectivity index (χ4v) is 3.41. The predicted molar refractivity (Wildman–Crippen MR) is 93.7 cm³/mol. The van der Waals surface area contributed by atoms with Crippen LogP contribution < -0.4 is 5.32 Å². The molecule has 7 heteroatoms. The van der Waals surface area contributed by atoms with Crippen molar-refractivity contribution < 1.29 is 14.4 Å². The summed E-state index contributed by atoms with van der Waals surface area (Å²) in [5.74, 6) is -0.0640. The second kappa shape index (κ2) is 6.79. The first-order chi connectivity index (χ1) is 12.3. The summed E-state index contributed by atoms with van der Waals surface area (Å²) >= 11 is 0. The topological polar surface area (TPSA) is 93.5 Å². The number of urea groups is 1. The normalized spacial score (nSPS) is 23.7. The van der Waals surface area contributed by atoms with Crippen LogP contribution in [-0.2, 0) is 15.1 Å². The molecular weight excluding hydrogens is 332 g/mol. The van der Waals surface area contributed by atoms with Crippen molar-refractivity contribution in [2.75, 3.05) is 19.6 Å². The second-order valence-electron chi connectivity index (χ2n) is 7.20. The lowest BCUT2D eigenvalue weighted by molar-refractivity contribution is -0.139. The van der Waals surface area contributed by atoms with Gasteiger partial charge in [0.15, 0.2) is 0 Å². The molecule has 7 nitrogen and oxygen atoms in total. The van der Waals surface area contributed by atoms with Gasteiger partial charge in [0.25, 0.3) is 5.91 Å². The monoisotopic (exact) mass is 354 g/mol. The fourth-order valence-electron chi connectivity index (χ4n) is 3.41. The summed E-state index contributed by atoms with van der Waals surface area (Å²) in [6.07, 6.45) is 1.88. The average molecular weight is 354 g/mol. The molecule has 0 bridgehead atoms. The van der Waals surface area contributed by atoms with Crippen LogP contribution in [0.5, 0.6) is 0 Å². The number of nitriles is 1. The standard InChI is InChI=1S/C19H22N4O3/c1-13-7-9-22(10-8-13)16(24)12-23-17(25)19(2,21-18(23)26)15-5-3-14(11-20)4-6-15/h3-6,13H,7-10,12H2,1-2H3,(H,21,26)/t19-/m0/s1. The van der Waals surface area contributed by atoms with Crippen molar-refractivity contribution >= 4 is 17.8 Å². The molecule has 1 atom stereocenters. The summed E-state index contributed by atoms with van der Waals surface area (Å²) in [5.41, 5.74) is -0.182. The molecule has 0 saturated carbocycles. The van der Waals surface area contributed by atoms with Gasteiger partial charge in [-0.1, -0.05) is 19.1 Å². The number of hydrogen-bond donors (Lipinski definition) is 1. The average Bonchev–Trinajstić information content (AvgIpc) is 2.86. The van der Waals surface area contributed by atoms with Crippen molar-refractivity contribution in [2.24, 2.45) is 5.92 Å². The highest BCUT2D eigenvalue weighted by Gasteiger charge is 2.49. The van der Waals surface area contributed by atoms with Crippen molar-refractivity contribution in [1.82, 2.24) is 15.1 Å². The Hall–Kier alpha value is -2.88. The molecule has 1 aromatic carbocycles. The second-order valence-corrected chi connectivity index (χ2v) is 7.20. The number of piperidine rings is 1. The molecule has 0 radical (unpaired) electrons. The van der Waals surface area contributed by atoms with Gasteiger partial charge in [0.05, 0.1) is 11.6 Å². The minimum atomic E-state index is -1.23. The van der Waals surface area contributed by atoms with E-state index in [1.807, 2.05) is 6.07 Å². The van der Waals surface area contributed by atoms with Crippen LogP contribution in [0.25, 0.3) is 0 Å². The highest BCUT2D eigenvalue weighted by Crippen LogP contribution is 2.29. The summed E-state index contributed by atoms with van der Waals surface area (Å²) in [4.78, 5) is 40.4. The quantitative estimate of drug-likeness (QED) is 0.834. The number of benzene rings is 1. The van der Waals surface area contributed by atoms with Crippen LogP contribution in [0, 0.1) is 17.2 Å². The lowest BCUT2D eigenvalue weighted by Gasteiger charge is -2.31. The van der Waals surface area contributed by atoms with Gasteiger partial charge in [-0.15, -0.1) is 0 Å². The third-order valence-electron chi connectivity index (χ3n) is 5.30. The van der Waals surface area contributed by atoms with Crippen molar-refractivity contribution in [1.29, 1.82) is 5.26 Å². The smallest absolute Gasteiger partial charge is 0.325 e. The summed E-state index contributed by atoms with van der Waals surface area (Å²) in [6, 6.07) is 7.94. The molecule has 2 saturated heterocycles. The first kappa shape index (κ1) is 17.9. The third-order valence-corrected chi connectivity index (χ3v) is 5.30. The molecule has 1 N–H and O–H groups in total. The van der Waals surface area contributed by atoms with E-state index >= 15 is 0 Å². The van der Waals surface area contributed by atoms with Gasteiger partial charge in [0.1, 0.15) is 12.1 Å². The van der Waals surface area contributed by atoms with Crippen molar-refractivity contribution in [2.45, 2.75) is 32.2 Å². The number of carbonyl (C=O) groups is 3. The van der Waals surface area contributed by atoms with Gasteiger partial charge in [-0.05, 0) is 43.4 Å². The van der Waals surface area contributed by atoms with E-state index in [-0.39, 0.29) is 12.5 Å². The largest absolute Gasteiger partial charge is 0.341 e. The lowest BCUT2D eigenvalue weighted by atomic mass is 9.91. The minimum absolute atomic E-state index is 0.204. The van der Waals surface area contributed by atoms with E-state index in [1.165, 1.54) is 0 Å². The van der Waals surface area contributed by atoms with E-state index in [9.17, 15) is 14.4 Å². The molecule has 2 fully saturated rings. The molecular formula is C19H22N4O3. The zero-order chi connectivity index (χ0) is 18.9. The minimum Gasteiger partial charge on any atom is -0.341 e. The molecule has 0 unspecified atom stereocenters. The molecule has 4 amide bonds. The molecule has 0 spiro atoms. The number of imide groups is 1. The van der Waals surface area contributed by atoms with Crippen molar-refractivity contribution in [3.63, 3.8) is 0 Å². The predicted octanol–water partition coefficient (Wildman–Crippen LogP) is 1.58. The zero-order valence-electron chi connectivity index (χ0n) is 15.0. The summed E-state index contributed by atoms with van der Waals surface area (Å²) < 4.78 is 0. The highest BCUT2D eigenvalue weighted by atomic mass is 16.2. The molecule has 2 heterocycles. The Bertz CT molecular complexity index is 775. The molecule has 0 aromatic heterocycles. The van der Waals surface area contributed by atoms with E-state index < -0.39 is 17.5 Å². The highest BCUT2D eigenvalue weighted by molar-refractivity contribution is 6.09. The molecule has 136 valence electrons. The SMILES string of the molecule is CC1CCN(C(=O)CN2C(=O)N[C@@](C)(c3ccc(C#N)cc3)C2=O)CC1. The lowest BCUT2D eigenvalue weighted by Crippen LogP contribution is -2.46. The Morgan fingerprint density at radius 1 is 1.27 bits per heavy atom. The molecule has 2 aliphatic heterocycles. The Kier molecular flexibility index (Phi) is 4.68. The van der Waals surface area contributed by atoms with Gasteiger partial charge in [0, 0.05) is 13.1 Å². The van der Waals surface area contributed by atoms with E-state index in [4.69, 9.17) is 5.26 Å². The van der Waals surface area contributed by atoms with Crippen LogP contribution >= 0.6 is 0 Å². The molecule has 0 aliphatic carbocycles. The van der Waals surface area contributed by atoms with Crippen molar-refractivity contribution in [3.8, 4) is 6.07 Å². The summed E-state index contributed by atoms with van der Waals surface area (Å²) in [5, 5.41) is 11.6. The third kappa shape index (κ3) is 3.15. The maximum absolute atomic E-state index is 12.9. The van der Waals surface area contributed by atoms with Gasteiger partial charge < -0.3 is 10.2 Å². The van der Waals surface area contributed by atoms with Gasteiger partial charge >= 0.3 is 6.03 Å². The van der Waals surface area contributed by atoms with Crippen LogP contribution in [-0.4, -0.2) is 47.3 Å². The zero-order valence-corrected chi connectivity index (χ0v) is 15.0. The van der Waals surface area contributed by atoms with Gasteiger partial charge in [0.2, 0.25) is 5.91 Å². The Balaban J connectivity index is 1.73. The summed E-state index contributed by atoms with van der Waals surface area (Å²) in [6.45, 7) is 4.85. The molecule has 3 rings (SSSR count).